The Morgan fingerprint density at radius 3 is 2.86 bits per heavy atom. The van der Waals surface area contributed by atoms with Crippen molar-refractivity contribution in [3.63, 3.8) is 0 Å². The van der Waals surface area contributed by atoms with Crippen molar-refractivity contribution < 1.29 is 19.0 Å². The maximum atomic E-state index is 13.2. The van der Waals surface area contributed by atoms with Crippen LogP contribution in [0.1, 0.15) is 38.7 Å². The number of esters is 1. The summed E-state index contributed by atoms with van der Waals surface area (Å²) in [6.45, 7) is 3.45. The molecule has 122 valence electrons. The number of cyclic esters (lactones) is 1. The molecular formula is C17H24FNO3. The first-order valence-corrected chi connectivity index (χ1v) is 7.67. The molecule has 1 heterocycles. The minimum absolute atomic E-state index is 0.213. The number of carbonyl (C=O) groups is 1. The zero-order valence-corrected chi connectivity index (χ0v) is 13.1. The van der Waals surface area contributed by atoms with Crippen LogP contribution in [0.25, 0.3) is 0 Å². The van der Waals surface area contributed by atoms with E-state index in [4.69, 9.17) is 10.5 Å². The molecule has 1 fully saturated rings. The molecule has 1 saturated heterocycles. The van der Waals surface area contributed by atoms with E-state index in [1.165, 1.54) is 12.1 Å². The van der Waals surface area contributed by atoms with Crippen LogP contribution in [0.4, 0.5) is 4.39 Å². The van der Waals surface area contributed by atoms with Gasteiger partial charge in [0.2, 0.25) is 0 Å². The lowest BCUT2D eigenvalue weighted by atomic mass is 9.90. The molecule has 0 aliphatic carbocycles. The molecule has 0 amide bonds. The zero-order chi connectivity index (χ0) is 16.3. The summed E-state index contributed by atoms with van der Waals surface area (Å²) >= 11 is 0. The maximum absolute atomic E-state index is 13.2. The second kappa shape index (κ2) is 6.75. The molecule has 0 radical (unpaired) electrons. The van der Waals surface area contributed by atoms with Gasteiger partial charge >= 0.3 is 5.97 Å². The molecule has 0 aromatic heterocycles. The number of halogens is 1. The van der Waals surface area contributed by atoms with Crippen LogP contribution in [0.2, 0.25) is 0 Å². The molecule has 5 heteroatoms. The first-order chi connectivity index (χ1) is 10.2. The topological polar surface area (TPSA) is 72.6 Å². The van der Waals surface area contributed by atoms with Gasteiger partial charge in [-0.05, 0) is 57.2 Å². The van der Waals surface area contributed by atoms with Crippen molar-refractivity contribution in [1.29, 1.82) is 0 Å². The van der Waals surface area contributed by atoms with E-state index in [1.807, 2.05) is 6.07 Å². The number of hydrogen-bond donors (Lipinski definition) is 2. The van der Waals surface area contributed by atoms with Crippen LogP contribution in [0.5, 0.6) is 0 Å². The number of ether oxygens (including phenoxy) is 1. The third kappa shape index (κ3) is 4.78. The van der Waals surface area contributed by atoms with Gasteiger partial charge in [0.1, 0.15) is 11.9 Å². The van der Waals surface area contributed by atoms with Gasteiger partial charge in [-0.1, -0.05) is 12.1 Å². The molecule has 3 atom stereocenters. The fourth-order valence-corrected chi connectivity index (χ4v) is 2.76. The van der Waals surface area contributed by atoms with Gasteiger partial charge in [-0.15, -0.1) is 0 Å². The van der Waals surface area contributed by atoms with Gasteiger partial charge < -0.3 is 15.6 Å². The molecule has 1 aliphatic heterocycles. The molecule has 1 aromatic rings. The molecule has 2 rings (SSSR count). The van der Waals surface area contributed by atoms with E-state index < -0.39 is 5.60 Å². The Balaban J connectivity index is 1.89. The summed E-state index contributed by atoms with van der Waals surface area (Å²) in [7, 11) is 0. The van der Waals surface area contributed by atoms with Crippen molar-refractivity contribution >= 4 is 5.97 Å². The lowest BCUT2D eigenvalue weighted by molar-refractivity contribution is -0.145. The fourth-order valence-electron chi connectivity index (χ4n) is 2.76. The van der Waals surface area contributed by atoms with Crippen LogP contribution >= 0.6 is 0 Å². The van der Waals surface area contributed by atoms with Crippen molar-refractivity contribution in [2.75, 3.05) is 0 Å². The fraction of sp³-hybridized carbons (Fsp3) is 0.588. The highest BCUT2D eigenvalue weighted by molar-refractivity contribution is 5.74. The average Bonchev–Trinajstić information content (AvgIpc) is 2.77. The standard InChI is InChI=1S/C17H24FNO3/c1-17(2,21)7-6-12-10-15(22-16(12)20)14(19)9-11-4-3-5-13(18)8-11/h3-5,8,12,14-15,21H,6-7,9-10,19H2,1-2H3. The van der Waals surface area contributed by atoms with Crippen LogP contribution < -0.4 is 5.73 Å². The first-order valence-electron chi connectivity index (χ1n) is 7.67. The summed E-state index contributed by atoms with van der Waals surface area (Å²) in [5.41, 5.74) is 6.12. The molecule has 3 N–H and O–H groups in total. The van der Waals surface area contributed by atoms with Crippen molar-refractivity contribution in [2.45, 2.75) is 57.3 Å². The van der Waals surface area contributed by atoms with Gasteiger partial charge in [-0.3, -0.25) is 4.79 Å². The van der Waals surface area contributed by atoms with Crippen molar-refractivity contribution in [2.24, 2.45) is 11.7 Å². The van der Waals surface area contributed by atoms with E-state index >= 15 is 0 Å². The predicted molar refractivity (Wildman–Crippen MR) is 81.6 cm³/mol. The average molecular weight is 309 g/mol. The molecule has 4 nitrogen and oxygen atoms in total. The number of rotatable bonds is 6. The van der Waals surface area contributed by atoms with Gasteiger partial charge in [-0.2, -0.15) is 0 Å². The Morgan fingerprint density at radius 1 is 1.50 bits per heavy atom. The van der Waals surface area contributed by atoms with E-state index in [2.05, 4.69) is 0 Å². The Labute approximate surface area is 130 Å². The number of aliphatic hydroxyl groups is 1. The third-order valence-electron chi connectivity index (χ3n) is 4.06. The molecule has 0 saturated carbocycles. The van der Waals surface area contributed by atoms with Crippen molar-refractivity contribution in [3.05, 3.63) is 35.6 Å². The van der Waals surface area contributed by atoms with Crippen LogP contribution in [0, 0.1) is 11.7 Å². The van der Waals surface area contributed by atoms with Crippen molar-refractivity contribution in [1.82, 2.24) is 0 Å². The SMILES string of the molecule is CC(C)(O)CCC1CC(C(N)Cc2cccc(F)c2)OC1=O. The summed E-state index contributed by atoms with van der Waals surface area (Å²) in [6.07, 6.45) is 1.81. The van der Waals surface area contributed by atoms with E-state index in [0.29, 0.717) is 25.7 Å². The molecule has 1 aliphatic rings. The normalized spacial score (nSPS) is 23.4. The monoisotopic (exact) mass is 309 g/mol. The number of hydrogen-bond acceptors (Lipinski definition) is 4. The van der Waals surface area contributed by atoms with Crippen molar-refractivity contribution in [3.8, 4) is 0 Å². The minimum Gasteiger partial charge on any atom is -0.460 e. The summed E-state index contributed by atoms with van der Waals surface area (Å²) in [6, 6.07) is 5.94. The first kappa shape index (κ1) is 16.9. The summed E-state index contributed by atoms with van der Waals surface area (Å²) in [4.78, 5) is 11.9. The predicted octanol–water partition coefficient (Wildman–Crippen LogP) is 2.18. The molecule has 0 spiro atoms. The Kier molecular flexibility index (Phi) is 5.19. The van der Waals surface area contributed by atoms with E-state index in [1.54, 1.807) is 19.9 Å². The third-order valence-corrected chi connectivity index (χ3v) is 4.06. The number of carbonyl (C=O) groups excluding carboxylic acids is 1. The highest BCUT2D eigenvalue weighted by Crippen LogP contribution is 2.29. The smallest absolute Gasteiger partial charge is 0.309 e. The van der Waals surface area contributed by atoms with Crippen LogP contribution in [0.15, 0.2) is 24.3 Å². The summed E-state index contributed by atoms with van der Waals surface area (Å²) < 4.78 is 18.5. The highest BCUT2D eigenvalue weighted by Gasteiger charge is 2.38. The summed E-state index contributed by atoms with van der Waals surface area (Å²) in [5, 5.41) is 9.75. The molecule has 1 aromatic carbocycles. The van der Waals surface area contributed by atoms with E-state index in [0.717, 1.165) is 5.56 Å². The van der Waals surface area contributed by atoms with Gasteiger partial charge in [-0.25, -0.2) is 4.39 Å². The molecule has 3 unspecified atom stereocenters. The van der Waals surface area contributed by atoms with Crippen LogP contribution in [-0.4, -0.2) is 28.8 Å². The molecule has 22 heavy (non-hydrogen) atoms. The minimum atomic E-state index is -0.790. The van der Waals surface area contributed by atoms with Gasteiger partial charge in [0.25, 0.3) is 0 Å². The molecular weight excluding hydrogens is 285 g/mol. The van der Waals surface area contributed by atoms with Crippen LogP contribution in [0.3, 0.4) is 0 Å². The largest absolute Gasteiger partial charge is 0.460 e. The molecule has 0 bridgehead atoms. The quantitative estimate of drug-likeness (QED) is 0.790. The van der Waals surface area contributed by atoms with Gasteiger partial charge in [0, 0.05) is 6.04 Å². The highest BCUT2D eigenvalue weighted by atomic mass is 19.1. The van der Waals surface area contributed by atoms with E-state index in [9.17, 15) is 14.3 Å². The van der Waals surface area contributed by atoms with Crippen LogP contribution in [-0.2, 0) is 16.0 Å². The van der Waals surface area contributed by atoms with Gasteiger partial charge in [0.15, 0.2) is 0 Å². The number of benzene rings is 1. The second-order valence-corrected chi connectivity index (χ2v) is 6.76. The Morgan fingerprint density at radius 2 is 2.23 bits per heavy atom. The lowest BCUT2D eigenvalue weighted by Crippen LogP contribution is -2.36. The van der Waals surface area contributed by atoms with Gasteiger partial charge in [0.05, 0.1) is 11.5 Å². The maximum Gasteiger partial charge on any atom is 0.309 e. The summed E-state index contributed by atoms with van der Waals surface area (Å²) in [5.74, 6) is -0.755. The number of nitrogens with two attached hydrogens (primary N) is 1. The Hall–Kier alpha value is -1.46. The Bertz CT molecular complexity index is 527. The lowest BCUT2D eigenvalue weighted by Gasteiger charge is -2.19. The zero-order valence-electron chi connectivity index (χ0n) is 13.1. The van der Waals surface area contributed by atoms with E-state index in [-0.39, 0.29) is 29.9 Å². The second-order valence-electron chi connectivity index (χ2n) is 6.76.